The predicted octanol–water partition coefficient (Wildman–Crippen LogP) is 1.66. The molecule has 2 saturated carbocycles. The number of nitrogens with zero attached hydrogens (tertiary/aromatic N) is 2. The van der Waals surface area contributed by atoms with Gasteiger partial charge in [-0.15, -0.1) is 0 Å². The first-order valence-corrected chi connectivity index (χ1v) is 9.56. The fourth-order valence-corrected chi connectivity index (χ4v) is 3.82. The molecule has 0 unspecified atom stereocenters. The van der Waals surface area contributed by atoms with Gasteiger partial charge in [-0.2, -0.15) is 4.98 Å². The minimum Gasteiger partial charge on any atom is -0.391 e. The summed E-state index contributed by atoms with van der Waals surface area (Å²) in [6.07, 6.45) is 7.93. The number of nitrogens with one attached hydrogen (secondary N) is 2. The first-order valence-electron chi connectivity index (χ1n) is 9.56. The molecule has 0 radical (unpaired) electrons. The molecule has 1 aromatic rings. The second kappa shape index (κ2) is 8.64. The summed E-state index contributed by atoms with van der Waals surface area (Å²) in [5, 5.41) is 16.6. The van der Waals surface area contributed by atoms with Crippen LogP contribution in [-0.4, -0.2) is 51.9 Å². The Balaban J connectivity index is 1.66. The van der Waals surface area contributed by atoms with Crippen molar-refractivity contribution in [3.05, 3.63) is 11.8 Å². The molecule has 2 aliphatic rings. The highest BCUT2D eigenvalue weighted by Crippen LogP contribution is 2.26. The van der Waals surface area contributed by atoms with Gasteiger partial charge in [0.1, 0.15) is 5.82 Å². The molecule has 0 spiro atoms. The van der Waals surface area contributed by atoms with Crippen molar-refractivity contribution in [1.82, 2.24) is 9.97 Å². The summed E-state index contributed by atoms with van der Waals surface area (Å²) in [4.78, 5) is 20.4. The molecule has 2 fully saturated rings. The van der Waals surface area contributed by atoms with Crippen molar-refractivity contribution in [1.29, 1.82) is 0 Å². The molecule has 5 N–H and O–H groups in total. The van der Waals surface area contributed by atoms with E-state index in [4.69, 9.17) is 10.5 Å². The van der Waals surface area contributed by atoms with E-state index in [1.807, 2.05) is 6.92 Å². The van der Waals surface area contributed by atoms with Crippen LogP contribution in [0, 0.1) is 0 Å². The van der Waals surface area contributed by atoms with E-state index in [1.54, 1.807) is 0 Å². The lowest BCUT2D eigenvalue weighted by atomic mass is 9.93. The Morgan fingerprint density at radius 2 is 2.04 bits per heavy atom. The molecule has 1 heterocycles. The van der Waals surface area contributed by atoms with E-state index in [9.17, 15) is 9.90 Å². The Labute approximate surface area is 153 Å². The number of hydrogen-bond donors (Lipinski definition) is 4. The van der Waals surface area contributed by atoms with Crippen LogP contribution in [0.5, 0.6) is 0 Å². The average molecular weight is 363 g/mol. The van der Waals surface area contributed by atoms with Gasteiger partial charge >= 0.3 is 0 Å². The number of ether oxygens (including phenoxy) is 1. The predicted molar refractivity (Wildman–Crippen MR) is 99.1 cm³/mol. The molecule has 0 aromatic carbocycles. The van der Waals surface area contributed by atoms with Gasteiger partial charge < -0.3 is 26.2 Å². The summed E-state index contributed by atoms with van der Waals surface area (Å²) in [5.74, 6) is 0.289. The second-order valence-electron chi connectivity index (χ2n) is 7.14. The first kappa shape index (κ1) is 18.8. The second-order valence-corrected chi connectivity index (χ2v) is 7.14. The summed E-state index contributed by atoms with van der Waals surface area (Å²) < 4.78 is 5.68. The minimum atomic E-state index is -0.580. The van der Waals surface area contributed by atoms with Crippen LogP contribution < -0.4 is 16.4 Å². The van der Waals surface area contributed by atoms with Gasteiger partial charge in [-0.1, -0.05) is 0 Å². The van der Waals surface area contributed by atoms with Gasteiger partial charge in [0.25, 0.3) is 5.91 Å². The molecular weight excluding hydrogens is 334 g/mol. The molecule has 0 saturated heterocycles. The highest BCUT2D eigenvalue weighted by atomic mass is 16.5. The number of amides is 1. The number of aliphatic hydroxyl groups excluding tert-OH is 1. The van der Waals surface area contributed by atoms with Crippen molar-refractivity contribution in [3.63, 3.8) is 0 Å². The maximum atomic E-state index is 11.7. The van der Waals surface area contributed by atoms with Crippen LogP contribution in [0.15, 0.2) is 6.20 Å². The van der Waals surface area contributed by atoms with E-state index in [2.05, 4.69) is 20.6 Å². The number of aromatic nitrogens is 2. The first-order chi connectivity index (χ1) is 12.6. The summed E-state index contributed by atoms with van der Waals surface area (Å²) in [5.41, 5.74) is 5.69. The highest BCUT2D eigenvalue weighted by Gasteiger charge is 2.27. The molecule has 26 heavy (non-hydrogen) atoms. The zero-order valence-electron chi connectivity index (χ0n) is 15.3. The van der Waals surface area contributed by atoms with Crippen molar-refractivity contribution < 1.29 is 14.6 Å². The summed E-state index contributed by atoms with van der Waals surface area (Å²) in [6.45, 7) is 2.77. The monoisotopic (exact) mass is 363 g/mol. The van der Waals surface area contributed by atoms with Gasteiger partial charge in [0.15, 0.2) is 0 Å². The molecule has 1 aromatic heterocycles. The van der Waals surface area contributed by atoms with Crippen LogP contribution in [-0.2, 0) is 4.74 Å². The van der Waals surface area contributed by atoms with Gasteiger partial charge in [-0.05, 0) is 51.9 Å². The fourth-order valence-electron chi connectivity index (χ4n) is 3.82. The van der Waals surface area contributed by atoms with Crippen molar-refractivity contribution in [2.45, 2.75) is 76.2 Å². The minimum absolute atomic E-state index is 0.113. The molecule has 8 heteroatoms. The van der Waals surface area contributed by atoms with Crippen LogP contribution in [0.4, 0.5) is 11.8 Å². The summed E-state index contributed by atoms with van der Waals surface area (Å²) >= 11 is 0. The Morgan fingerprint density at radius 3 is 2.65 bits per heavy atom. The lowest BCUT2D eigenvalue weighted by molar-refractivity contribution is 0.0346. The zero-order valence-corrected chi connectivity index (χ0v) is 15.3. The van der Waals surface area contributed by atoms with E-state index < -0.39 is 12.0 Å². The van der Waals surface area contributed by atoms with Crippen LogP contribution in [0.1, 0.15) is 62.2 Å². The van der Waals surface area contributed by atoms with Crippen LogP contribution >= 0.6 is 0 Å². The van der Waals surface area contributed by atoms with Crippen molar-refractivity contribution >= 4 is 17.7 Å². The van der Waals surface area contributed by atoms with E-state index in [0.29, 0.717) is 17.9 Å². The van der Waals surface area contributed by atoms with E-state index in [0.717, 1.165) is 51.6 Å². The van der Waals surface area contributed by atoms with Gasteiger partial charge in [-0.25, -0.2) is 4.98 Å². The molecule has 0 bridgehead atoms. The van der Waals surface area contributed by atoms with Gasteiger partial charge in [-0.3, -0.25) is 4.79 Å². The maximum absolute atomic E-state index is 11.7. The molecule has 3 rings (SSSR count). The number of aliphatic hydroxyl groups is 1. The molecule has 2 atom stereocenters. The molecular formula is C18H29N5O3. The number of primary amides is 1. The fraction of sp³-hybridized carbons (Fsp3) is 0.722. The Bertz CT molecular complexity index is 619. The van der Waals surface area contributed by atoms with Crippen molar-refractivity contribution in [2.75, 3.05) is 17.2 Å². The topological polar surface area (TPSA) is 122 Å². The van der Waals surface area contributed by atoms with Crippen LogP contribution in [0.3, 0.4) is 0 Å². The number of carbonyl (C=O) groups is 1. The smallest absolute Gasteiger partial charge is 0.254 e. The third kappa shape index (κ3) is 4.62. The third-order valence-electron chi connectivity index (χ3n) is 5.27. The molecule has 144 valence electrons. The SMILES string of the molecule is CCOC1CCC(Nc2ncc(C(N)=O)c(N[C@@H]3CCC[C@H]3O)n2)CC1. The molecule has 2 aliphatic carbocycles. The third-order valence-corrected chi connectivity index (χ3v) is 5.27. The van der Waals surface area contributed by atoms with E-state index >= 15 is 0 Å². The molecule has 1 amide bonds. The number of hydrogen-bond acceptors (Lipinski definition) is 7. The standard InChI is InChI=1S/C18H29N5O3/c1-2-26-12-8-6-11(7-9-12)21-18-20-10-13(16(19)25)17(23-18)22-14-4-3-5-15(14)24/h10-12,14-15,24H,2-9H2,1H3,(H2,19,25)(H2,20,21,22,23)/t11?,12?,14-,15-/m1/s1. The number of rotatable bonds is 7. The van der Waals surface area contributed by atoms with E-state index in [1.165, 1.54) is 6.20 Å². The van der Waals surface area contributed by atoms with Crippen molar-refractivity contribution in [2.24, 2.45) is 5.73 Å². The lowest BCUT2D eigenvalue weighted by Gasteiger charge is -2.29. The van der Waals surface area contributed by atoms with Crippen LogP contribution in [0.25, 0.3) is 0 Å². The Hall–Kier alpha value is -1.93. The zero-order chi connectivity index (χ0) is 18.5. The van der Waals surface area contributed by atoms with Gasteiger partial charge in [0, 0.05) is 18.8 Å². The Morgan fingerprint density at radius 1 is 1.27 bits per heavy atom. The quantitative estimate of drug-likeness (QED) is 0.581. The Kier molecular flexibility index (Phi) is 6.26. The lowest BCUT2D eigenvalue weighted by Crippen LogP contribution is -2.32. The largest absolute Gasteiger partial charge is 0.391 e. The normalized spacial score (nSPS) is 28.7. The van der Waals surface area contributed by atoms with E-state index in [-0.39, 0.29) is 17.6 Å². The van der Waals surface area contributed by atoms with Gasteiger partial charge in [0.2, 0.25) is 5.95 Å². The highest BCUT2D eigenvalue weighted by molar-refractivity contribution is 5.97. The average Bonchev–Trinajstić information content (AvgIpc) is 3.02. The molecule has 8 nitrogen and oxygen atoms in total. The summed E-state index contributed by atoms with van der Waals surface area (Å²) in [6, 6.07) is 0.175. The summed E-state index contributed by atoms with van der Waals surface area (Å²) in [7, 11) is 0. The maximum Gasteiger partial charge on any atom is 0.254 e. The van der Waals surface area contributed by atoms with Crippen molar-refractivity contribution in [3.8, 4) is 0 Å². The van der Waals surface area contributed by atoms with Gasteiger partial charge in [0.05, 0.1) is 23.8 Å². The molecule has 0 aliphatic heterocycles. The number of anilines is 2. The van der Waals surface area contributed by atoms with Crippen LogP contribution in [0.2, 0.25) is 0 Å². The number of nitrogens with two attached hydrogens (primary N) is 1. The number of carbonyl (C=O) groups excluding carboxylic acids is 1.